The van der Waals surface area contributed by atoms with Gasteiger partial charge < -0.3 is 14.7 Å². The molecule has 1 unspecified atom stereocenters. The second-order valence-electron chi connectivity index (χ2n) is 5.15. The highest BCUT2D eigenvalue weighted by Gasteiger charge is 2.28. The number of benzene rings is 1. The molecule has 1 heterocycles. The average molecular weight is 356 g/mol. The number of halogens is 1. The molecular formula is C15H18BrNO4. The molecule has 114 valence electrons. The van der Waals surface area contributed by atoms with Crippen molar-refractivity contribution in [3.8, 4) is 5.75 Å². The van der Waals surface area contributed by atoms with E-state index in [2.05, 4.69) is 15.9 Å². The van der Waals surface area contributed by atoms with Crippen molar-refractivity contribution >= 4 is 27.8 Å². The number of ether oxygens (including phenoxy) is 1. The lowest BCUT2D eigenvalue weighted by Gasteiger charge is -2.31. The van der Waals surface area contributed by atoms with E-state index >= 15 is 0 Å². The maximum Gasteiger partial charge on any atom is 0.308 e. The van der Waals surface area contributed by atoms with Gasteiger partial charge in [0.15, 0.2) is 0 Å². The highest BCUT2D eigenvalue weighted by atomic mass is 79.9. The molecule has 0 bridgehead atoms. The van der Waals surface area contributed by atoms with E-state index in [0.717, 1.165) is 16.5 Å². The maximum atomic E-state index is 12.4. The van der Waals surface area contributed by atoms with Crippen LogP contribution in [0, 0.1) is 5.92 Å². The van der Waals surface area contributed by atoms with Gasteiger partial charge in [-0.1, -0.05) is 15.9 Å². The lowest BCUT2D eigenvalue weighted by Crippen LogP contribution is -2.43. The monoisotopic (exact) mass is 355 g/mol. The number of rotatable bonds is 4. The van der Waals surface area contributed by atoms with Crippen LogP contribution < -0.4 is 4.74 Å². The van der Waals surface area contributed by atoms with Gasteiger partial charge in [0.1, 0.15) is 5.75 Å². The first-order chi connectivity index (χ1) is 10.0. The fourth-order valence-electron chi connectivity index (χ4n) is 2.57. The van der Waals surface area contributed by atoms with Crippen LogP contribution in [-0.2, 0) is 16.0 Å². The molecular weight excluding hydrogens is 338 g/mol. The van der Waals surface area contributed by atoms with Crippen LogP contribution in [-0.4, -0.2) is 42.1 Å². The van der Waals surface area contributed by atoms with Crippen LogP contribution in [0.3, 0.4) is 0 Å². The van der Waals surface area contributed by atoms with E-state index in [-0.39, 0.29) is 12.3 Å². The first-order valence-electron chi connectivity index (χ1n) is 6.84. The summed E-state index contributed by atoms with van der Waals surface area (Å²) in [7, 11) is 1.57. The summed E-state index contributed by atoms with van der Waals surface area (Å²) in [5.41, 5.74) is 0.800. The fourth-order valence-corrected chi connectivity index (χ4v) is 2.97. The van der Waals surface area contributed by atoms with Gasteiger partial charge in [-0.15, -0.1) is 0 Å². The minimum absolute atomic E-state index is 0.0580. The van der Waals surface area contributed by atoms with Gasteiger partial charge in [0.2, 0.25) is 5.91 Å². The SMILES string of the molecule is COc1ccc(Br)cc1CC(=O)N1CCCC(C(=O)O)C1. The largest absolute Gasteiger partial charge is 0.496 e. The number of methoxy groups -OCH3 is 1. The number of hydrogen-bond acceptors (Lipinski definition) is 3. The Bertz CT molecular complexity index is 546. The van der Waals surface area contributed by atoms with Gasteiger partial charge >= 0.3 is 5.97 Å². The minimum atomic E-state index is -0.826. The molecule has 1 atom stereocenters. The zero-order chi connectivity index (χ0) is 15.4. The number of likely N-dealkylation sites (tertiary alicyclic amines) is 1. The standard InChI is InChI=1S/C15H18BrNO4/c1-21-13-5-4-12(16)7-11(13)8-14(18)17-6-2-3-10(9-17)15(19)20/h4-5,7,10H,2-3,6,8-9H2,1H3,(H,19,20). The second kappa shape index (κ2) is 6.93. The van der Waals surface area contributed by atoms with Crippen LogP contribution in [0.5, 0.6) is 5.75 Å². The third kappa shape index (κ3) is 3.97. The van der Waals surface area contributed by atoms with Crippen LogP contribution in [0.25, 0.3) is 0 Å². The van der Waals surface area contributed by atoms with Crippen molar-refractivity contribution in [3.05, 3.63) is 28.2 Å². The molecule has 5 nitrogen and oxygen atoms in total. The summed E-state index contributed by atoms with van der Waals surface area (Å²) in [6.45, 7) is 0.920. The van der Waals surface area contributed by atoms with E-state index in [4.69, 9.17) is 9.84 Å². The van der Waals surface area contributed by atoms with E-state index < -0.39 is 11.9 Å². The lowest BCUT2D eigenvalue weighted by atomic mass is 9.97. The zero-order valence-corrected chi connectivity index (χ0v) is 13.4. The topological polar surface area (TPSA) is 66.8 Å². The molecule has 0 radical (unpaired) electrons. The molecule has 1 aliphatic rings. The third-order valence-corrected chi connectivity index (χ3v) is 4.20. The van der Waals surface area contributed by atoms with E-state index in [1.807, 2.05) is 18.2 Å². The molecule has 1 saturated heterocycles. The molecule has 1 fully saturated rings. The number of piperidine rings is 1. The summed E-state index contributed by atoms with van der Waals surface area (Å²) in [4.78, 5) is 25.1. The molecule has 0 aromatic heterocycles. The van der Waals surface area contributed by atoms with Crippen molar-refractivity contribution in [2.45, 2.75) is 19.3 Å². The Labute approximate surface area is 132 Å². The maximum absolute atomic E-state index is 12.4. The lowest BCUT2D eigenvalue weighted by molar-refractivity contribution is -0.145. The van der Waals surface area contributed by atoms with Gasteiger partial charge in [-0.3, -0.25) is 9.59 Å². The molecule has 2 rings (SSSR count). The Morgan fingerprint density at radius 1 is 1.48 bits per heavy atom. The van der Waals surface area contributed by atoms with Gasteiger partial charge in [0, 0.05) is 23.1 Å². The Morgan fingerprint density at radius 2 is 2.24 bits per heavy atom. The zero-order valence-electron chi connectivity index (χ0n) is 11.8. The first-order valence-corrected chi connectivity index (χ1v) is 7.63. The number of nitrogens with zero attached hydrogens (tertiary/aromatic N) is 1. The molecule has 0 aliphatic carbocycles. The molecule has 21 heavy (non-hydrogen) atoms. The number of carboxylic acid groups (broad SMARTS) is 1. The van der Waals surface area contributed by atoms with Gasteiger partial charge in [-0.05, 0) is 31.0 Å². The second-order valence-corrected chi connectivity index (χ2v) is 6.07. The number of amides is 1. The number of carbonyl (C=O) groups is 2. The molecule has 0 spiro atoms. The molecule has 1 N–H and O–H groups in total. The first kappa shape index (κ1) is 15.8. The molecule has 6 heteroatoms. The van der Waals surface area contributed by atoms with Crippen LogP contribution in [0.15, 0.2) is 22.7 Å². The van der Waals surface area contributed by atoms with E-state index in [9.17, 15) is 9.59 Å². The molecule has 1 amide bonds. The van der Waals surface area contributed by atoms with Crippen molar-refractivity contribution in [1.29, 1.82) is 0 Å². The summed E-state index contributed by atoms with van der Waals surface area (Å²) in [6, 6.07) is 5.52. The normalized spacial score (nSPS) is 18.4. The summed E-state index contributed by atoms with van der Waals surface area (Å²) in [5, 5.41) is 9.08. The van der Waals surface area contributed by atoms with Crippen LogP contribution in [0.4, 0.5) is 0 Å². The van der Waals surface area contributed by atoms with Crippen molar-refractivity contribution in [2.24, 2.45) is 5.92 Å². The predicted octanol–water partition coefficient (Wildman–Crippen LogP) is 2.32. The third-order valence-electron chi connectivity index (χ3n) is 3.71. The van der Waals surface area contributed by atoms with Crippen LogP contribution in [0.1, 0.15) is 18.4 Å². The van der Waals surface area contributed by atoms with E-state index in [1.54, 1.807) is 12.0 Å². The Kier molecular flexibility index (Phi) is 5.22. The fraction of sp³-hybridized carbons (Fsp3) is 0.467. The summed E-state index contributed by atoms with van der Waals surface area (Å²) >= 11 is 3.38. The van der Waals surface area contributed by atoms with Crippen molar-refractivity contribution in [3.63, 3.8) is 0 Å². The van der Waals surface area contributed by atoms with Gasteiger partial charge in [-0.2, -0.15) is 0 Å². The number of hydrogen-bond donors (Lipinski definition) is 1. The Balaban J connectivity index is 2.07. The van der Waals surface area contributed by atoms with Gasteiger partial charge in [0.05, 0.1) is 19.4 Å². The number of aliphatic carboxylic acids is 1. The number of carboxylic acids is 1. The number of carbonyl (C=O) groups excluding carboxylic acids is 1. The van der Waals surface area contributed by atoms with E-state index in [0.29, 0.717) is 25.3 Å². The predicted molar refractivity (Wildman–Crippen MR) is 81.3 cm³/mol. The smallest absolute Gasteiger partial charge is 0.308 e. The summed E-state index contributed by atoms with van der Waals surface area (Å²) < 4.78 is 6.14. The molecule has 0 saturated carbocycles. The minimum Gasteiger partial charge on any atom is -0.496 e. The van der Waals surface area contributed by atoms with Crippen molar-refractivity contribution < 1.29 is 19.4 Å². The Hall–Kier alpha value is -1.56. The molecule has 1 aromatic carbocycles. The average Bonchev–Trinajstić information content (AvgIpc) is 2.47. The summed E-state index contributed by atoms with van der Waals surface area (Å²) in [6.07, 6.45) is 1.59. The van der Waals surface area contributed by atoms with Crippen molar-refractivity contribution in [2.75, 3.05) is 20.2 Å². The molecule has 1 aromatic rings. The van der Waals surface area contributed by atoms with Crippen molar-refractivity contribution in [1.82, 2.24) is 4.90 Å². The van der Waals surface area contributed by atoms with E-state index in [1.165, 1.54) is 0 Å². The summed E-state index contributed by atoms with van der Waals surface area (Å²) in [5.74, 6) is -0.671. The highest BCUT2D eigenvalue weighted by Crippen LogP contribution is 2.25. The van der Waals surface area contributed by atoms with Gasteiger partial charge in [0.25, 0.3) is 0 Å². The highest BCUT2D eigenvalue weighted by molar-refractivity contribution is 9.10. The van der Waals surface area contributed by atoms with Crippen LogP contribution >= 0.6 is 15.9 Å². The molecule has 1 aliphatic heterocycles. The Morgan fingerprint density at radius 3 is 2.90 bits per heavy atom. The quantitative estimate of drug-likeness (QED) is 0.899. The van der Waals surface area contributed by atoms with Gasteiger partial charge in [-0.25, -0.2) is 0 Å². The van der Waals surface area contributed by atoms with Crippen LogP contribution in [0.2, 0.25) is 0 Å².